The molecule has 1 saturated heterocycles. The topological polar surface area (TPSA) is 146 Å². The Labute approximate surface area is 477 Å². The van der Waals surface area contributed by atoms with E-state index in [1.165, 1.54) is 12.3 Å². The van der Waals surface area contributed by atoms with Gasteiger partial charge in [-0.1, -0.05) is 25.1 Å². The van der Waals surface area contributed by atoms with Crippen LogP contribution in [0, 0.1) is 5.82 Å². The SMILES string of the molecule is CCC(C)S(=O)(=O)c1ccc(-c2cnc(N)c(-c3nnc(-c4ccc(CN[C@H]5CCOC5)cc4F)o3)n2)cc1.PP(P)P(P)P(P(P)P)P(P(P(P)P)P(P)P)P(P(P(P)P)P(P)P)P(P(P)P)P(P)P. The highest BCUT2D eigenvalue weighted by Gasteiger charge is 2.51. The molecule has 10 nitrogen and oxygen atoms in total. The van der Waals surface area contributed by atoms with Gasteiger partial charge in [-0.25, -0.2) is 22.8 Å². The number of benzene rings is 2. The Bertz CT molecular complexity index is 2350. The first kappa shape index (κ1) is 73.5. The van der Waals surface area contributed by atoms with Gasteiger partial charge in [0.25, 0.3) is 11.8 Å². The molecule has 0 radical (unpaired) electrons. The summed E-state index contributed by atoms with van der Waals surface area (Å²) in [6.07, 6.45) is 2.92. The van der Waals surface area contributed by atoms with E-state index in [0.717, 1.165) is 18.6 Å². The molecule has 0 bridgehead atoms. The van der Waals surface area contributed by atoms with Crippen LogP contribution in [-0.2, 0) is 21.1 Å². The molecule has 0 amide bonds. The third-order valence-corrected chi connectivity index (χ3v) is 225. The fourth-order valence-electron chi connectivity index (χ4n) is 5.90. The first-order valence-corrected chi connectivity index (χ1v) is 78.9. The quantitative estimate of drug-likeness (QED) is 0.0688. The van der Waals surface area contributed by atoms with E-state index in [4.69, 9.17) is 14.9 Å². The standard InChI is InChI=1S/C27H29FN6O4S.H34P32/c1-3-16(2)39(35,36)20-7-5-18(6-8-20)23-14-31-25(29)24(32-23)27-34-33-26(38-27)21-9-4-17(12-22(21)28)13-30-19-10-11-37-15-19;1-18(2)26(17)30(25(15)16)32(29(23(11)12)24(13)14)31(27(19(3)4)20(5)6)28(21(7)8)22(9)10/h4-9,12,14,16,19,30H,3,10-11,13,15H2,1-2H3,(H2,29,31);1-17H2/t16?,19-;/m0./s1. The molecule has 1 aliphatic rings. The molecule has 2 aromatic carbocycles. The van der Waals surface area contributed by atoms with Crippen molar-refractivity contribution in [1.82, 2.24) is 25.5 Å². The average molecular weight is 1580 g/mol. The molecule has 0 saturated carbocycles. The third-order valence-electron chi connectivity index (χ3n) is 9.47. The Morgan fingerprint density at radius 1 is 0.718 bits per heavy atom. The number of nitrogens with two attached hydrogens (primary N) is 1. The number of ether oxygens (including phenoxy) is 1. The number of nitrogen functional groups attached to an aromatic ring is 1. The molecular weight excluding hydrogens is 1510 g/mol. The second-order valence-corrected chi connectivity index (χ2v) is 146. The molecule has 0 aliphatic carbocycles. The van der Waals surface area contributed by atoms with Crippen molar-refractivity contribution in [3.8, 4) is 34.3 Å². The van der Waals surface area contributed by atoms with E-state index in [1.54, 1.807) is 43.3 Å². The summed E-state index contributed by atoms with van der Waals surface area (Å²) in [5.74, 6) is -0.466. The molecular formula is C27H63FN6O4P32S. The van der Waals surface area contributed by atoms with E-state index in [-0.39, 0.29) is 145 Å². The van der Waals surface area contributed by atoms with Gasteiger partial charge >= 0.3 is 0 Å². The minimum absolute atomic E-state index is 0.0135. The molecule has 4 aromatic rings. The van der Waals surface area contributed by atoms with Crippen LogP contribution in [0.25, 0.3) is 34.3 Å². The van der Waals surface area contributed by atoms with Crippen LogP contribution in [0.15, 0.2) is 58.0 Å². The summed E-state index contributed by atoms with van der Waals surface area (Å²) >= 11 is 0. The number of halogens is 1. The molecule has 71 heavy (non-hydrogen) atoms. The molecule has 1 aliphatic heterocycles. The molecule has 22 atom stereocenters. The number of sulfone groups is 1. The van der Waals surface area contributed by atoms with Crippen LogP contribution in [0.2, 0.25) is 0 Å². The van der Waals surface area contributed by atoms with Crippen molar-refractivity contribution in [2.24, 2.45) is 0 Å². The zero-order chi connectivity index (χ0) is 53.2. The van der Waals surface area contributed by atoms with Crippen molar-refractivity contribution < 1.29 is 22.0 Å². The monoisotopic (exact) mass is 1580 g/mol. The number of rotatable bonds is 23. The van der Waals surface area contributed by atoms with E-state index < -0.39 is 20.9 Å². The smallest absolute Gasteiger partial charge is 0.270 e. The van der Waals surface area contributed by atoms with Crippen LogP contribution in [0.1, 0.15) is 32.3 Å². The van der Waals surface area contributed by atoms with Crippen LogP contribution in [0.4, 0.5) is 10.2 Å². The number of hydrogen-bond donors (Lipinski definition) is 2. The van der Waals surface area contributed by atoms with Gasteiger partial charge in [-0.2, -0.15) is 0 Å². The Kier molecular flexibility index (Phi) is 37.8. The second kappa shape index (κ2) is 36.5. The normalized spacial score (nSPS) is 16.6. The van der Waals surface area contributed by atoms with Crippen LogP contribution in [0.3, 0.4) is 0 Å². The Morgan fingerprint density at radius 2 is 1.23 bits per heavy atom. The highest BCUT2D eigenvalue weighted by molar-refractivity contribution is 9.45. The van der Waals surface area contributed by atoms with Gasteiger partial charge in [0.1, 0.15) is 5.82 Å². The number of anilines is 1. The van der Waals surface area contributed by atoms with Gasteiger partial charge in [0.05, 0.1) is 34.2 Å². The largest absolute Gasteiger partial charge is 0.414 e. The van der Waals surface area contributed by atoms with E-state index in [2.05, 4.69) is 177 Å². The van der Waals surface area contributed by atoms with Gasteiger partial charge in [-0.15, -0.1) is 162 Å². The van der Waals surface area contributed by atoms with Crippen LogP contribution in [-0.4, -0.2) is 53.1 Å². The second-order valence-electron chi connectivity index (χ2n) is 14.4. The molecule has 3 heterocycles. The highest BCUT2D eigenvalue weighted by atomic mass is 33.5. The first-order chi connectivity index (χ1) is 33.2. The molecule has 21 unspecified atom stereocenters. The lowest BCUT2D eigenvalue weighted by atomic mass is 10.1. The molecule has 5 rings (SSSR count). The summed E-state index contributed by atoms with van der Waals surface area (Å²) in [5.41, 5.74) is 8.19. The maximum Gasteiger partial charge on any atom is 0.270 e. The Balaban J connectivity index is 0.000000317. The summed E-state index contributed by atoms with van der Waals surface area (Å²) in [7, 11) is 52.9. The van der Waals surface area contributed by atoms with E-state index in [0.29, 0.717) is 30.8 Å². The van der Waals surface area contributed by atoms with Crippen LogP contribution < -0.4 is 11.1 Å². The van der Waals surface area contributed by atoms with Crippen molar-refractivity contribution in [2.75, 3.05) is 18.9 Å². The summed E-state index contributed by atoms with van der Waals surface area (Å²) in [6, 6.07) is 11.5. The predicted molar refractivity (Wildman–Crippen MR) is 412 cm³/mol. The summed E-state index contributed by atoms with van der Waals surface area (Å²) in [5, 5.41) is 10.9. The molecule has 2 aromatic heterocycles. The summed E-state index contributed by atoms with van der Waals surface area (Å²) < 4.78 is 51.3. The number of hydrogen-bond acceptors (Lipinski definition) is 10. The fourth-order valence-corrected chi connectivity index (χ4v) is 422. The minimum Gasteiger partial charge on any atom is -0.414 e. The predicted octanol–water partition coefficient (Wildman–Crippen LogP) is 22.5. The zero-order valence-electron chi connectivity index (χ0n) is 38.1. The van der Waals surface area contributed by atoms with E-state index in [9.17, 15) is 12.8 Å². The van der Waals surface area contributed by atoms with Gasteiger partial charge in [0.15, 0.2) is 21.3 Å². The van der Waals surface area contributed by atoms with Gasteiger partial charge in [0.2, 0.25) is 0 Å². The van der Waals surface area contributed by atoms with E-state index >= 15 is 0 Å². The summed E-state index contributed by atoms with van der Waals surface area (Å²) in [4.78, 5) is 8.94. The van der Waals surface area contributed by atoms with Gasteiger partial charge in [-0.05, 0) is 154 Å². The number of aromatic nitrogens is 4. The van der Waals surface area contributed by atoms with Gasteiger partial charge < -0.3 is 20.2 Å². The fraction of sp³-hybridized carbons (Fsp3) is 0.333. The van der Waals surface area contributed by atoms with Crippen LogP contribution in [0.5, 0.6) is 0 Å². The first-order valence-electron chi connectivity index (χ1n) is 19.9. The third kappa shape index (κ3) is 21.9. The minimum atomic E-state index is -3.41. The molecule has 1 fully saturated rings. The lowest BCUT2D eigenvalue weighted by Gasteiger charge is -2.53. The highest BCUT2D eigenvalue weighted by Crippen LogP contribution is 3.39. The molecule has 398 valence electrons. The van der Waals surface area contributed by atoms with Gasteiger partial charge in [-0.3, -0.25) is 0 Å². The Hall–Kier alpha value is 10.0. The number of nitrogens with one attached hydrogen (secondary N) is 1. The van der Waals surface area contributed by atoms with Crippen molar-refractivity contribution >= 4 is 272 Å². The average Bonchev–Trinajstić information content (AvgIpc) is 4.00. The van der Waals surface area contributed by atoms with Crippen molar-refractivity contribution in [3.05, 3.63) is 60.0 Å². The maximum absolute atomic E-state index is 14.9. The van der Waals surface area contributed by atoms with Crippen molar-refractivity contribution in [2.45, 2.75) is 49.4 Å². The molecule has 44 heteroatoms. The lowest BCUT2D eigenvalue weighted by Crippen LogP contribution is -2.28. The maximum atomic E-state index is 14.9. The van der Waals surface area contributed by atoms with E-state index in [1.807, 2.05) is 6.92 Å². The van der Waals surface area contributed by atoms with Crippen molar-refractivity contribution in [1.29, 1.82) is 0 Å². The zero-order valence-corrected chi connectivity index (χ0v) is 72.0. The molecule has 0 spiro atoms. The Morgan fingerprint density at radius 3 is 1.68 bits per heavy atom. The van der Waals surface area contributed by atoms with Crippen LogP contribution >= 0.6 is 257 Å². The van der Waals surface area contributed by atoms with Crippen molar-refractivity contribution in [3.63, 3.8) is 0 Å². The van der Waals surface area contributed by atoms with Gasteiger partial charge in [0, 0.05) is 24.8 Å². The lowest BCUT2D eigenvalue weighted by molar-refractivity contribution is 0.190. The summed E-state index contributed by atoms with van der Waals surface area (Å²) in [6.45, 7) is 4.93. The number of nitrogens with zero attached hydrogens (tertiary/aromatic N) is 4. The molecule has 3 N–H and O–H groups in total.